The summed E-state index contributed by atoms with van der Waals surface area (Å²) in [4.78, 5) is 49.2. The molecule has 0 saturated carbocycles. The third kappa shape index (κ3) is 3.98. The van der Waals surface area contributed by atoms with Crippen LogP contribution in [0.25, 0.3) is 0 Å². The third-order valence-electron chi connectivity index (χ3n) is 8.33. The SMILES string of the molecule is CC(=O)OC1C[C@H](O)[C@@]2(C)C=C[C@@H](OC(C)=O)[C@@](C)(O)[C@@H]2C(OC(C)=O)[C@]23O[C@@]2(C)C(=O)O[C@H]3/C=C\1C. The molecule has 2 heterocycles. The van der Waals surface area contributed by atoms with Gasteiger partial charge in [-0.3, -0.25) is 14.4 Å². The Morgan fingerprint density at radius 3 is 2.16 bits per heavy atom. The largest absolute Gasteiger partial charge is 0.459 e. The molecule has 0 aromatic heterocycles. The Balaban J connectivity index is 1.99. The molecule has 11 heteroatoms. The minimum atomic E-state index is -1.91. The molecule has 0 bridgehead atoms. The highest BCUT2D eigenvalue weighted by Gasteiger charge is 2.87. The zero-order valence-electron chi connectivity index (χ0n) is 22.0. The van der Waals surface area contributed by atoms with Crippen LogP contribution >= 0.6 is 0 Å². The summed E-state index contributed by atoms with van der Waals surface area (Å²) in [6.07, 6.45) is -1.15. The van der Waals surface area contributed by atoms with Crippen LogP contribution in [-0.4, -0.2) is 81.4 Å². The maximum atomic E-state index is 13.0. The molecule has 204 valence electrons. The van der Waals surface area contributed by atoms with Crippen molar-refractivity contribution in [1.29, 1.82) is 0 Å². The second-order valence-corrected chi connectivity index (χ2v) is 11.0. The first-order chi connectivity index (χ1) is 17.0. The fraction of sp³-hybridized carbons (Fsp3) is 0.692. The predicted octanol–water partition coefficient (Wildman–Crippen LogP) is 0.889. The van der Waals surface area contributed by atoms with Crippen LogP contribution in [-0.2, 0) is 42.9 Å². The number of aliphatic hydroxyl groups excluding tert-OH is 1. The Morgan fingerprint density at radius 2 is 1.62 bits per heavy atom. The van der Waals surface area contributed by atoms with E-state index in [1.165, 1.54) is 40.7 Å². The first kappa shape index (κ1) is 27.3. The zero-order chi connectivity index (χ0) is 27.7. The minimum absolute atomic E-state index is 0.0772. The number of rotatable bonds is 3. The second-order valence-electron chi connectivity index (χ2n) is 11.0. The van der Waals surface area contributed by atoms with Crippen molar-refractivity contribution in [3.8, 4) is 0 Å². The zero-order valence-corrected chi connectivity index (χ0v) is 22.0. The van der Waals surface area contributed by atoms with E-state index >= 15 is 0 Å². The van der Waals surface area contributed by atoms with Gasteiger partial charge in [-0.25, -0.2) is 4.79 Å². The highest BCUT2D eigenvalue weighted by molar-refractivity contribution is 5.89. The normalized spacial score (nSPS) is 47.7. The standard InChI is InChI=1S/C26H34O11/c1-12-10-19-26(25(7,37-26)22(31)36-19)21(35-15(4)29)20-23(5,17(30)11-16(12)33-13(2)27)9-8-18(24(20,6)32)34-14(3)28/h8-10,16-21,30,32H,11H2,1-7H3/b12-10-/t16?,17-,18+,19-,20+,21?,23+,24+,25-,26-/m0/s1. The summed E-state index contributed by atoms with van der Waals surface area (Å²) in [6, 6.07) is 0. The summed E-state index contributed by atoms with van der Waals surface area (Å²) in [5.41, 5.74) is -5.85. The summed E-state index contributed by atoms with van der Waals surface area (Å²) in [5, 5.41) is 23.6. The van der Waals surface area contributed by atoms with Gasteiger partial charge in [0, 0.05) is 38.5 Å². The lowest BCUT2D eigenvalue weighted by Gasteiger charge is -2.54. The maximum absolute atomic E-state index is 13.0. The molecule has 4 rings (SSSR count). The molecule has 1 spiro atoms. The maximum Gasteiger partial charge on any atom is 0.342 e. The molecule has 2 aliphatic heterocycles. The van der Waals surface area contributed by atoms with Crippen LogP contribution in [0.1, 0.15) is 54.9 Å². The van der Waals surface area contributed by atoms with E-state index in [1.807, 2.05) is 0 Å². The molecule has 0 aromatic rings. The highest BCUT2D eigenvalue weighted by Crippen LogP contribution is 2.65. The van der Waals surface area contributed by atoms with Gasteiger partial charge in [0.1, 0.15) is 23.9 Å². The summed E-state index contributed by atoms with van der Waals surface area (Å²) >= 11 is 0. The number of carbonyl (C=O) groups is 4. The third-order valence-corrected chi connectivity index (χ3v) is 8.33. The van der Waals surface area contributed by atoms with Gasteiger partial charge in [-0.1, -0.05) is 13.0 Å². The van der Waals surface area contributed by atoms with Gasteiger partial charge in [0.15, 0.2) is 17.3 Å². The van der Waals surface area contributed by atoms with E-state index in [4.69, 9.17) is 23.7 Å². The molecule has 0 amide bonds. The average Bonchev–Trinajstić information content (AvgIpc) is 3.34. The van der Waals surface area contributed by atoms with Gasteiger partial charge in [-0.15, -0.1) is 0 Å². The summed E-state index contributed by atoms with van der Waals surface area (Å²) in [5.74, 6) is -3.80. The molecule has 0 radical (unpaired) electrons. The molecule has 2 unspecified atom stereocenters. The Hall–Kier alpha value is -2.76. The van der Waals surface area contributed by atoms with Crippen molar-refractivity contribution in [2.75, 3.05) is 0 Å². The van der Waals surface area contributed by atoms with Gasteiger partial charge in [0.2, 0.25) is 0 Å². The molecule has 0 aromatic carbocycles. The monoisotopic (exact) mass is 522 g/mol. The van der Waals surface area contributed by atoms with Crippen molar-refractivity contribution in [2.24, 2.45) is 11.3 Å². The van der Waals surface area contributed by atoms with Gasteiger partial charge < -0.3 is 33.9 Å². The molecule has 11 nitrogen and oxygen atoms in total. The Morgan fingerprint density at radius 1 is 1.03 bits per heavy atom. The fourth-order valence-corrected chi connectivity index (χ4v) is 6.41. The van der Waals surface area contributed by atoms with E-state index in [0.29, 0.717) is 5.57 Å². The molecular weight excluding hydrogens is 488 g/mol. The van der Waals surface area contributed by atoms with Crippen LogP contribution in [0.15, 0.2) is 23.8 Å². The number of carbonyl (C=O) groups excluding carboxylic acids is 4. The van der Waals surface area contributed by atoms with Crippen LogP contribution in [0.2, 0.25) is 0 Å². The lowest BCUT2D eigenvalue weighted by molar-refractivity contribution is -0.216. The van der Waals surface area contributed by atoms with Crippen LogP contribution in [0.4, 0.5) is 0 Å². The quantitative estimate of drug-likeness (QED) is 0.235. The fourth-order valence-electron chi connectivity index (χ4n) is 6.41. The van der Waals surface area contributed by atoms with E-state index in [-0.39, 0.29) is 6.42 Å². The summed E-state index contributed by atoms with van der Waals surface area (Å²) < 4.78 is 28.5. The first-order valence-corrected chi connectivity index (χ1v) is 12.2. The average molecular weight is 523 g/mol. The Labute approximate surface area is 214 Å². The van der Waals surface area contributed by atoms with Gasteiger partial charge >= 0.3 is 23.9 Å². The van der Waals surface area contributed by atoms with Gasteiger partial charge in [-0.05, 0) is 38.5 Å². The van der Waals surface area contributed by atoms with Gasteiger partial charge in [0.25, 0.3) is 0 Å². The molecule has 2 aliphatic carbocycles. The van der Waals surface area contributed by atoms with Crippen molar-refractivity contribution in [2.45, 2.75) is 102 Å². The topological polar surface area (TPSA) is 158 Å². The van der Waals surface area contributed by atoms with Crippen molar-refractivity contribution < 1.29 is 53.1 Å². The molecule has 37 heavy (non-hydrogen) atoms. The van der Waals surface area contributed by atoms with Crippen LogP contribution in [0, 0.1) is 11.3 Å². The lowest BCUT2D eigenvalue weighted by atomic mass is 9.55. The molecule has 2 fully saturated rings. The minimum Gasteiger partial charge on any atom is -0.459 e. The molecule has 4 aliphatic rings. The van der Waals surface area contributed by atoms with Gasteiger partial charge in [-0.2, -0.15) is 0 Å². The van der Waals surface area contributed by atoms with Crippen molar-refractivity contribution in [3.63, 3.8) is 0 Å². The molecule has 2 saturated heterocycles. The van der Waals surface area contributed by atoms with Crippen LogP contribution in [0.3, 0.4) is 0 Å². The highest BCUT2D eigenvalue weighted by atomic mass is 16.7. The van der Waals surface area contributed by atoms with Crippen molar-refractivity contribution in [3.05, 3.63) is 23.8 Å². The first-order valence-electron chi connectivity index (χ1n) is 12.2. The number of epoxide rings is 1. The van der Waals surface area contributed by atoms with E-state index in [0.717, 1.165) is 0 Å². The number of hydrogen-bond acceptors (Lipinski definition) is 11. The van der Waals surface area contributed by atoms with E-state index in [9.17, 15) is 29.4 Å². The van der Waals surface area contributed by atoms with E-state index in [2.05, 4.69) is 0 Å². The Kier molecular flexibility index (Phi) is 6.37. The van der Waals surface area contributed by atoms with E-state index in [1.54, 1.807) is 26.0 Å². The summed E-state index contributed by atoms with van der Waals surface area (Å²) in [6.45, 7) is 9.87. The number of hydrogen-bond donors (Lipinski definition) is 2. The van der Waals surface area contributed by atoms with Gasteiger partial charge in [0.05, 0.1) is 6.10 Å². The van der Waals surface area contributed by atoms with E-state index < -0.39 is 82.5 Å². The van der Waals surface area contributed by atoms with Crippen molar-refractivity contribution in [1.82, 2.24) is 0 Å². The smallest absolute Gasteiger partial charge is 0.342 e. The van der Waals surface area contributed by atoms with Crippen molar-refractivity contribution >= 4 is 23.9 Å². The second kappa shape index (κ2) is 8.64. The number of aliphatic hydroxyl groups is 2. The number of esters is 4. The number of ether oxygens (including phenoxy) is 5. The van der Waals surface area contributed by atoms with Crippen LogP contribution in [0.5, 0.6) is 0 Å². The molecule has 2 N–H and O–H groups in total. The van der Waals surface area contributed by atoms with Crippen LogP contribution < -0.4 is 0 Å². The molecular formula is C26H34O11. The lowest BCUT2D eigenvalue weighted by Crippen LogP contribution is -2.67. The summed E-state index contributed by atoms with van der Waals surface area (Å²) in [7, 11) is 0. The predicted molar refractivity (Wildman–Crippen MR) is 125 cm³/mol. The Bertz CT molecular complexity index is 1090. The number of fused-ring (bicyclic) bond motifs is 1. The molecule has 10 atom stereocenters.